The van der Waals surface area contributed by atoms with Crippen molar-refractivity contribution in [3.8, 4) is 33.4 Å². The fourth-order valence-corrected chi connectivity index (χ4v) is 30.2. The molecule has 0 bridgehead atoms. The predicted molar refractivity (Wildman–Crippen MR) is 252 cm³/mol. The van der Waals surface area contributed by atoms with Crippen LogP contribution >= 0.6 is 0 Å². The summed E-state index contributed by atoms with van der Waals surface area (Å²) >= 11 is -3.13. The van der Waals surface area contributed by atoms with Gasteiger partial charge >= 0.3 is 361 Å². The summed E-state index contributed by atoms with van der Waals surface area (Å²) in [4.78, 5) is 0. The summed E-state index contributed by atoms with van der Waals surface area (Å²) in [5.74, 6) is 0.935. The van der Waals surface area contributed by atoms with Crippen molar-refractivity contribution in [3.05, 3.63) is 172 Å². The molecule has 6 aromatic rings. The Balaban J connectivity index is 1.31. The van der Waals surface area contributed by atoms with Gasteiger partial charge in [-0.3, -0.25) is 0 Å². The van der Waals surface area contributed by atoms with E-state index in [9.17, 15) is 0 Å². The monoisotopic (exact) mass is 939 g/mol. The van der Waals surface area contributed by atoms with Crippen molar-refractivity contribution in [2.45, 2.75) is 99.3 Å². The second-order valence-electron chi connectivity index (χ2n) is 17.7. The number of fused-ring (bicyclic) bond motifs is 5. The Bertz CT molecular complexity index is 2420. The average Bonchev–Trinajstić information content (AvgIpc) is 3.94. The van der Waals surface area contributed by atoms with Crippen molar-refractivity contribution in [2.75, 3.05) is 0 Å². The molecule has 0 aromatic heterocycles. The third-order valence-corrected chi connectivity index (χ3v) is 30.1. The van der Waals surface area contributed by atoms with Crippen molar-refractivity contribution >= 4 is 35.4 Å². The first kappa shape index (κ1) is 39.4. The van der Waals surface area contributed by atoms with Gasteiger partial charge in [0.15, 0.2) is 0 Å². The van der Waals surface area contributed by atoms with Gasteiger partial charge in [0.2, 0.25) is 0 Å². The van der Waals surface area contributed by atoms with E-state index in [4.69, 9.17) is 0 Å². The van der Waals surface area contributed by atoms with Gasteiger partial charge in [0, 0.05) is 0 Å². The molecular formula is C56H59HfSi. The van der Waals surface area contributed by atoms with Crippen LogP contribution in [0.2, 0.25) is 0 Å². The quantitative estimate of drug-likeness (QED) is 0.101. The molecule has 0 fully saturated rings. The zero-order valence-electron chi connectivity index (χ0n) is 35.5. The Hall–Kier alpha value is -4.11. The van der Waals surface area contributed by atoms with Crippen molar-refractivity contribution in [2.24, 2.45) is 0 Å². The Morgan fingerprint density at radius 2 is 0.931 bits per heavy atom. The van der Waals surface area contributed by atoms with E-state index in [0.29, 0.717) is 19.2 Å². The van der Waals surface area contributed by atoms with Crippen LogP contribution in [-0.4, -0.2) is 9.52 Å². The molecule has 1 heterocycles. The van der Waals surface area contributed by atoms with E-state index < -0.39 is 31.0 Å². The van der Waals surface area contributed by atoms with E-state index in [1.54, 1.807) is 38.2 Å². The fourth-order valence-electron chi connectivity index (χ4n) is 10.7. The van der Waals surface area contributed by atoms with Crippen LogP contribution in [0.5, 0.6) is 0 Å². The molecule has 1 aliphatic heterocycles. The molecule has 0 saturated heterocycles. The second-order valence-corrected chi connectivity index (χ2v) is 28.9. The van der Waals surface area contributed by atoms with Crippen molar-refractivity contribution < 1.29 is 21.4 Å². The van der Waals surface area contributed by atoms with E-state index in [1.807, 2.05) is 3.32 Å². The van der Waals surface area contributed by atoms with Gasteiger partial charge in [0.1, 0.15) is 0 Å². The van der Waals surface area contributed by atoms with E-state index in [0.717, 1.165) is 0 Å². The van der Waals surface area contributed by atoms with Crippen molar-refractivity contribution in [3.63, 3.8) is 0 Å². The maximum absolute atomic E-state index is 3.13. The third kappa shape index (κ3) is 6.97. The number of hydrogen-bond donors (Lipinski definition) is 0. The van der Waals surface area contributed by atoms with Crippen LogP contribution < -0.4 is 13.7 Å². The summed E-state index contributed by atoms with van der Waals surface area (Å²) < 4.78 is 2.84. The van der Waals surface area contributed by atoms with Gasteiger partial charge in [0.05, 0.1) is 0 Å². The molecule has 2 aliphatic carbocycles. The van der Waals surface area contributed by atoms with Crippen LogP contribution in [0.25, 0.3) is 45.5 Å². The Morgan fingerprint density at radius 1 is 0.483 bits per heavy atom. The standard InChI is InChI=1S/2C22H25.C12H9Si.Hf/c2*1-4-5-9-17-14-18-10-8-13-21(22(18)15-17)20-12-7-6-11-19(20)16(2)3;1-3-7-11-9(5-1)10-6-2-4-8-12(10)13-11;/h2*6-8,10-16H,4-5,9H2,1-3H3;1-7H,13H2;. The van der Waals surface area contributed by atoms with E-state index in [-0.39, 0.29) is 0 Å². The Kier molecular flexibility index (Phi) is 11.4. The zero-order valence-corrected chi connectivity index (χ0v) is 40.5. The first-order valence-corrected chi connectivity index (χ1v) is 29.7. The van der Waals surface area contributed by atoms with Crippen molar-refractivity contribution in [1.82, 2.24) is 0 Å². The van der Waals surface area contributed by atoms with Crippen LogP contribution in [0.4, 0.5) is 0 Å². The molecular weight excluding hydrogens is 879 g/mol. The van der Waals surface area contributed by atoms with Gasteiger partial charge in [-0.1, -0.05) is 0 Å². The summed E-state index contributed by atoms with van der Waals surface area (Å²) in [7, 11) is -0.616. The van der Waals surface area contributed by atoms with Crippen LogP contribution in [0, 0.1) is 0 Å². The van der Waals surface area contributed by atoms with Gasteiger partial charge in [-0.15, -0.1) is 0 Å². The number of rotatable bonds is 13. The first-order valence-electron chi connectivity index (χ1n) is 22.3. The molecule has 291 valence electrons. The van der Waals surface area contributed by atoms with E-state index in [1.165, 1.54) is 88.6 Å². The van der Waals surface area contributed by atoms with Gasteiger partial charge < -0.3 is 0 Å². The number of allylic oxidation sites excluding steroid dienone is 2. The molecule has 3 aliphatic rings. The molecule has 6 aromatic carbocycles. The summed E-state index contributed by atoms with van der Waals surface area (Å²) in [6.07, 6.45) is 12.8. The molecule has 2 unspecified atom stereocenters. The Labute approximate surface area is 358 Å². The number of unbranched alkanes of at least 4 members (excludes halogenated alkanes) is 2. The zero-order chi connectivity index (χ0) is 39.9. The molecule has 0 radical (unpaired) electrons. The molecule has 2 heteroatoms. The summed E-state index contributed by atoms with van der Waals surface area (Å²) in [5, 5.41) is 3.41. The molecule has 9 rings (SSSR count). The molecule has 0 amide bonds. The normalized spacial score (nSPS) is 16.7. The van der Waals surface area contributed by atoms with Crippen molar-refractivity contribution in [1.29, 1.82) is 0 Å². The van der Waals surface area contributed by atoms with E-state index in [2.05, 4.69) is 181 Å². The molecule has 58 heavy (non-hydrogen) atoms. The van der Waals surface area contributed by atoms with Gasteiger partial charge in [-0.2, -0.15) is 0 Å². The summed E-state index contributed by atoms with van der Waals surface area (Å²) in [5.41, 5.74) is 21.4. The van der Waals surface area contributed by atoms with Crippen LogP contribution in [0.15, 0.2) is 139 Å². The number of benzene rings is 6. The van der Waals surface area contributed by atoms with Crippen LogP contribution in [0.3, 0.4) is 0 Å². The molecule has 0 saturated carbocycles. The maximum atomic E-state index is 2.72. The minimum atomic E-state index is -3.13. The summed E-state index contributed by atoms with van der Waals surface area (Å²) in [6.45, 7) is 14.2. The molecule has 0 nitrogen and oxygen atoms in total. The Morgan fingerprint density at radius 3 is 1.45 bits per heavy atom. The predicted octanol–water partition coefficient (Wildman–Crippen LogP) is 13.3. The third-order valence-electron chi connectivity index (χ3n) is 13.5. The molecule has 0 spiro atoms. The topological polar surface area (TPSA) is 0 Å². The SMILES string of the molecule is CCCCC1=Cc2c(-c3ccccc3C(C)C)cccc2[CH]1[Hf]([c]1cccc2c1[SiH2]c1ccccc1-2)[CH]1C(CCCC)=Cc2c(-c3ccccc3C(C)C)cccc21. The van der Waals surface area contributed by atoms with E-state index >= 15 is 0 Å². The van der Waals surface area contributed by atoms with Gasteiger partial charge in [-0.25, -0.2) is 0 Å². The first-order chi connectivity index (χ1) is 28.4. The minimum absolute atomic E-state index is 0.467. The van der Waals surface area contributed by atoms with Crippen LogP contribution in [0.1, 0.15) is 133 Å². The number of hydrogen-bond acceptors (Lipinski definition) is 0. The molecule has 2 atom stereocenters. The summed E-state index contributed by atoms with van der Waals surface area (Å²) in [6, 6.07) is 50.3. The van der Waals surface area contributed by atoms with Gasteiger partial charge in [0.25, 0.3) is 0 Å². The van der Waals surface area contributed by atoms with Crippen LogP contribution in [-0.2, 0) is 21.4 Å². The second kappa shape index (κ2) is 16.9. The average molecular weight is 939 g/mol. The molecule has 0 N–H and O–H groups in total. The fraction of sp³-hybridized carbons (Fsp3) is 0.286. The van der Waals surface area contributed by atoms with Gasteiger partial charge in [-0.05, 0) is 0 Å².